The number of nitrogens with one attached hydrogen (secondary N) is 2. The normalized spacial score (nSPS) is 12.0. The van der Waals surface area contributed by atoms with E-state index < -0.39 is 17.2 Å². The van der Waals surface area contributed by atoms with Crippen molar-refractivity contribution in [3.63, 3.8) is 0 Å². The highest BCUT2D eigenvalue weighted by molar-refractivity contribution is 8.00. The number of fused-ring (bicyclic) bond motifs is 1. The predicted molar refractivity (Wildman–Crippen MR) is 92.5 cm³/mol. The summed E-state index contributed by atoms with van der Waals surface area (Å²) in [6.07, 6.45) is 1.44. The fourth-order valence-corrected chi connectivity index (χ4v) is 2.95. The number of hydrogen-bond acceptors (Lipinski definition) is 6. The zero-order chi connectivity index (χ0) is 18.0. The van der Waals surface area contributed by atoms with Gasteiger partial charge in [0, 0.05) is 0 Å². The van der Waals surface area contributed by atoms with Crippen LogP contribution in [0.2, 0.25) is 0 Å². The number of rotatable bonds is 4. The lowest BCUT2D eigenvalue weighted by Crippen LogP contribution is -2.39. The van der Waals surface area contributed by atoms with Crippen LogP contribution in [0.5, 0.6) is 0 Å². The van der Waals surface area contributed by atoms with Gasteiger partial charge in [0.1, 0.15) is 5.39 Å². The molecule has 128 valence electrons. The van der Waals surface area contributed by atoms with E-state index in [-0.39, 0.29) is 10.7 Å². The minimum absolute atomic E-state index is 0.238. The molecular weight excluding hydrogens is 344 g/mol. The van der Waals surface area contributed by atoms with Crippen LogP contribution in [0.15, 0.2) is 46.5 Å². The van der Waals surface area contributed by atoms with E-state index in [1.807, 2.05) is 35.6 Å². The summed E-state index contributed by atoms with van der Waals surface area (Å²) in [5, 5.41) is 6.09. The molecule has 0 radical (unpaired) electrons. The number of imide groups is 1. The Morgan fingerprint density at radius 3 is 2.72 bits per heavy atom. The Bertz CT molecular complexity index is 997. The average Bonchev–Trinajstić information content (AvgIpc) is 2.99. The van der Waals surface area contributed by atoms with Crippen molar-refractivity contribution in [1.29, 1.82) is 0 Å². The SMILES string of the molecule is CC(Sc1nc2c(cnn2-c2ccccc2)c(=O)[nH]1)C(=O)NC(N)=O. The van der Waals surface area contributed by atoms with Crippen LogP contribution in [0.3, 0.4) is 0 Å². The topological polar surface area (TPSA) is 136 Å². The van der Waals surface area contributed by atoms with Gasteiger partial charge in [-0.1, -0.05) is 30.0 Å². The van der Waals surface area contributed by atoms with Gasteiger partial charge in [0.15, 0.2) is 10.8 Å². The molecule has 3 rings (SSSR count). The Morgan fingerprint density at radius 1 is 1.32 bits per heavy atom. The average molecular weight is 358 g/mol. The quantitative estimate of drug-likeness (QED) is 0.466. The third kappa shape index (κ3) is 3.53. The summed E-state index contributed by atoms with van der Waals surface area (Å²) in [6.45, 7) is 1.57. The van der Waals surface area contributed by atoms with Gasteiger partial charge >= 0.3 is 6.03 Å². The zero-order valence-corrected chi connectivity index (χ0v) is 13.9. The molecule has 0 saturated carbocycles. The fourth-order valence-electron chi connectivity index (χ4n) is 2.16. The van der Waals surface area contributed by atoms with E-state index in [2.05, 4.69) is 15.1 Å². The lowest BCUT2D eigenvalue weighted by Gasteiger charge is -2.09. The Balaban J connectivity index is 1.97. The Kier molecular flexibility index (Phi) is 4.52. The minimum Gasteiger partial charge on any atom is -0.351 e. The first kappa shape index (κ1) is 16.7. The van der Waals surface area contributed by atoms with Crippen molar-refractivity contribution in [2.24, 2.45) is 5.73 Å². The molecule has 2 aromatic heterocycles. The molecule has 1 unspecified atom stereocenters. The molecule has 1 atom stereocenters. The number of H-pyrrole nitrogens is 1. The van der Waals surface area contributed by atoms with Crippen molar-refractivity contribution < 1.29 is 9.59 Å². The molecular formula is C15H14N6O3S. The van der Waals surface area contributed by atoms with E-state index in [0.29, 0.717) is 11.0 Å². The van der Waals surface area contributed by atoms with Crippen molar-refractivity contribution >= 4 is 34.7 Å². The second-order valence-electron chi connectivity index (χ2n) is 5.11. The third-order valence-corrected chi connectivity index (χ3v) is 4.31. The van der Waals surface area contributed by atoms with Gasteiger partial charge in [0.25, 0.3) is 5.56 Å². The van der Waals surface area contributed by atoms with Gasteiger partial charge in [0.2, 0.25) is 5.91 Å². The molecule has 4 N–H and O–H groups in total. The summed E-state index contributed by atoms with van der Waals surface area (Å²) < 4.78 is 1.54. The van der Waals surface area contributed by atoms with Crippen molar-refractivity contribution in [2.45, 2.75) is 17.3 Å². The number of para-hydroxylation sites is 1. The number of nitrogens with two attached hydrogens (primary N) is 1. The summed E-state index contributed by atoms with van der Waals surface area (Å²) in [6, 6.07) is 8.31. The highest BCUT2D eigenvalue weighted by Crippen LogP contribution is 2.21. The molecule has 0 aliphatic rings. The Labute approximate surface area is 145 Å². The number of benzene rings is 1. The molecule has 10 heteroatoms. The van der Waals surface area contributed by atoms with Crippen LogP contribution < -0.4 is 16.6 Å². The number of aromatic amines is 1. The minimum atomic E-state index is -0.934. The summed E-state index contributed by atoms with van der Waals surface area (Å²) in [7, 11) is 0. The zero-order valence-electron chi connectivity index (χ0n) is 13.1. The van der Waals surface area contributed by atoms with E-state index in [1.165, 1.54) is 6.20 Å². The van der Waals surface area contributed by atoms with E-state index in [9.17, 15) is 14.4 Å². The van der Waals surface area contributed by atoms with E-state index in [0.717, 1.165) is 17.4 Å². The van der Waals surface area contributed by atoms with Gasteiger partial charge in [-0.05, 0) is 19.1 Å². The van der Waals surface area contributed by atoms with E-state index >= 15 is 0 Å². The first-order chi connectivity index (χ1) is 12.0. The molecule has 0 fully saturated rings. The molecule has 1 aromatic carbocycles. The maximum atomic E-state index is 12.2. The maximum Gasteiger partial charge on any atom is 0.318 e. The van der Waals surface area contributed by atoms with Gasteiger partial charge in [-0.15, -0.1) is 0 Å². The summed E-state index contributed by atoms with van der Waals surface area (Å²) >= 11 is 1.00. The third-order valence-electron chi connectivity index (χ3n) is 3.32. The lowest BCUT2D eigenvalue weighted by molar-refractivity contribution is -0.119. The van der Waals surface area contributed by atoms with Crippen LogP contribution in [-0.2, 0) is 4.79 Å². The molecule has 0 spiro atoms. The molecule has 25 heavy (non-hydrogen) atoms. The number of thioether (sulfide) groups is 1. The summed E-state index contributed by atoms with van der Waals surface area (Å²) in [5.74, 6) is -0.572. The number of nitrogens with zero attached hydrogens (tertiary/aromatic N) is 3. The Morgan fingerprint density at radius 2 is 2.04 bits per heavy atom. The molecule has 0 bridgehead atoms. The van der Waals surface area contributed by atoms with Crippen LogP contribution in [0.4, 0.5) is 4.79 Å². The van der Waals surface area contributed by atoms with Gasteiger partial charge in [-0.2, -0.15) is 5.10 Å². The second kappa shape index (κ2) is 6.77. The van der Waals surface area contributed by atoms with Crippen LogP contribution in [0.1, 0.15) is 6.92 Å². The molecule has 0 aliphatic heterocycles. The highest BCUT2D eigenvalue weighted by Gasteiger charge is 2.19. The fraction of sp³-hybridized carbons (Fsp3) is 0.133. The number of hydrogen-bond donors (Lipinski definition) is 3. The van der Waals surface area contributed by atoms with Gasteiger partial charge in [-0.3, -0.25) is 14.9 Å². The molecule has 0 saturated heterocycles. The monoisotopic (exact) mass is 358 g/mol. The summed E-state index contributed by atoms with van der Waals surface area (Å²) in [5.41, 5.74) is 5.70. The molecule has 3 amide bonds. The van der Waals surface area contributed by atoms with Crippen LogP contribution in [-0.4, -0.2) is 36.9 Å². The smallest absolute Gasteiger partial charge is 0.318 e. The van der Waals surface area contributed by atoms with E-state index in [4.69, 9.17) is 5.73 Å². The number of carbonyl (C=O) groups excluding carboxylic acids is 2. The number of amides is 3. The predicted octanol–water partition coefficient (Wildman–Crippen LogP) is 0.784. The maximum absolute atomic E-state index is 12.2. The molecule has 9 nitrogen and oxygen atoms in total. The summed E-state index contributed by atoms with van der Waals surface area (Å²) in [4.78, 5) is 41.8. The molecule has 2 heterocycles. The van der Waals surface area contributed by atoms with Gasteiger partial charge in [-0.25, -0.2) is 14.5 Å². The first-order valence-electron chi connectivity index (χ1n) is 7.26. The van der Waals surface area contributed by atoms with Crippen molar-refractivity contribution in [3.8, 4) is 5.69 Å². The molecule has 3 aromatic rings. The second-order valence-corrected chi connectivity index (χ2v) is 6.44. The number of aromatic nitrogens is 4. The van der Waals surface area contributed by atoms with Gasteiger partial charge in [0.05, 0.1) is 17.1 Å². The van der Waals surface area contributed by atoms with Gasteiger partial charge < -0.3 is 10.7 Å². The Hall–Kier alpha value is -3.14. The number of carbonyl (C=O) groups is 2. The van der Waals surface area contributed by atoms with Crippen LogP contribution in [0.25, 0.3) is 16.7 Å². The highest BCUT2D eigenvalue weighted by atomic mass is 32.2. The van der Waals surface area contributed by atoms with Crippen molar-refractivity contribution in [1.82, 2.24) is 25.1 Å². The lowest BCUT2D eigenvalue weighted by atomic mass is 10.3. The van der Waals surface area contributed by atoms with E-state index in [1.54, 1.807) is 11.6 Å². The number of urea groups is 1. The van der Waals surface area contributed by atoms with Crippen molar-refractivity contribution in [2.75, 3.05) is 0 Å². The largest absolute Gasteiger partial charge is 0.351 e. The molecule has 0 aliphatic carbocycles. The first-order valence-corrected chi connectivity index (χ1v) is 8.14. The van der Waals surface area contributed by atoms with Crippen LogP contribution in [0, 0.1) is 0 Å². The van der Waals surface area contributed by atoms with Crippen molar-refractivity contribution in [3.05, 3.63) is 46.9 Å². The number of primary amides is 1. The van der Waals surface area contributed by atoms with Crippen LogP contribution >= 0.6 is 11.8 Å². The standard InChI is InChI=1S/C15H14N6O3S/c1-8(12(22)19-14(16)24)25-15-18-11-10(13(23)20-15)7-17-21(11)9-5-3-2-4-6-9/h2-8H,1H3,(H,18,20,23)(H3,16,19,22,24).